The molecule has 0 aliphatic rings. The van der Waals surface area contributed by atoms with Gasteiger partial charge in [0, 0.05) is 37.1 Å². The smallest absolute Gasteiger partial charge is 0.270 e. The first-order valence-corrected chi connectivity index (χ1v) is 7.45. The number of hydrogen-bond acceptors (Lipinski definition) is 7. The molecule has 1 heterocycles. The van der Waals surface area contributed by atoms with E-state index in [2.05, 4.69) is 10.2 Å². The molecule has 8 nitrogen and oxygen atoms in total. The molecule has 0 unspecified atom stereocenters. The second-order valence-electron chi connectivity index (χ2n) is 4.34. The van der Waals surface area contributed by atoms with Gasteiger partial charge in [-0.1, -0.05) is 11.8 Å². The Hall–Kier alpha value is -2.13. The van der Waals surface area contributed by atoms with Crippen molar-refractivity contribution in [1.29, 1.82) is 0 Å². The molecule has 0 radical (unpaired) electrons. The number of nitro benzene ring substituents is 1. The van der Waals surface area contributed by atoms with Crippen molar-refractivity contribution in [2.45, 2.75) is 17.5 Å². The van der Waals surface area contributed by atoms with Crippen LogP contribution in [0.25, 0.3) is 0 Å². The lowest BCUT2D eigenvalue weighted by atomic mass is 10.2. The summed E-state index contributed by atoms with van der Waals surface area (Å²) < 4.78 is 12.2. The fourth-order valence-corrected chi connectivity index (χ4v) is 2.75. The van der Waals surface area contributed by atoms with Gasteiger partial charge in [0.1, 0.15) is 12.1 Å². The Kier molecular flexibility index (Phi) is 5.73. The zero-order chi connectivity index (χ0) is 15.9. The van der Waals surface area contributed by atoms with Gasteiger partial charge in [-0.3, -0.25) is 10.1 Å². The topological polar surface area (TPSA) is 92.3 Å². The van der Waals surface area contributed by atoms with Crippen molar-refractivity contribution in [3.8, 4) is 5.75 Å². The van der Waals surface area contributed by atoms with Crippen LogP contribution in [0, 0.1) is 10.1 Å². The number of non-ortho nitro benzene ring substituents is 1. The number of hydrogen-bond donors (Lipinski definition) is 0. The van der Waals surface area contributed by atoms with Gasteiger partial charge >= 0.3 is 0 Å². The Morgan fingerprint density at radius 1 is 1.41 bits per heavy atom. The van der Waals surface area contributed by atoms with Gasteiger partial charge in [0.25, 0.3) is 5.69 Å². The van der Waals surface area contributed by atoms with E-state index in [-0.39, 0.29) is 5.69 Å². The molecule has 2 rings (SSSR count). The summed E-state index contributed by atoms with van der Waals surface area (Å²) in [6.07, 6.45) is 1.63. The maximum Gasteiger partial charge on any atom is 0.270 e. The summed E-state index contributed by atoms with van der Waals surface area (Å²) in [6, 6.07) is 4.54. The van der Waals surface area contributed by atoms with E-state index in [1.807, 2.05) is 4.57 Å². The van der Waals surface area contributed by atoms with Crippen LogP contribution < -0.4 is 4.74 Å². The summed E-state index contributed by atoms with van der Waals surface area (Å²) in [5.74, 6) is 1.11. The molecule has 0 spiro atoms. The van der Waals surface area contributed by atoms with E-state index in [4.69, 9.17) is 9.47 Å². The lowest BCUT2D eigenvalue weighted by Crippen LogP contribution is -2.04. The monoisotopic (exact) mass is 324 g/mol. The fourth-order valence-electron chi connectivity index (χ4n) is 1.83. The molecule has 0 fully saturated rings. The van der Waals surface area contributed by atoms with E-state index in [0.717, 1.165) is 10.7 Å². The lowest BCUT2D eigenvalue weighted by Gasteiger charge is -2.08. The van der Waals surface area contributed by atoms with Crippen LogP contribution >= 0.6 is 11.8 Å². The van der Waals surface area contributed by atoms with Crippen molar-refractivity contribution in [2.24, 2.45) is 0 Å². The fraction of sp³-hybridized carbons (Fsp3) is 0.385. The van der Waals surface area contributed by atoms with Crippen LogP contribution in [-0.4, -0.2) is 40.5 Å². The Balaban J connectivity index is 2.12. The van der Waals surface area contributed by atoms with Crippen molar-refractivity contribution >= 4 is 17.4 Å². The van der Waals surface area contributed by atoms with Crippen LogP contribution in [0.2, 0.25) is 0 Å². The van der Waals surface area contributed by atoms with Crippen LogP contribution in [0.3, 0.4) is 0 Å². The predicted octanol–water partition coefficient (Wildman–Crippen LogP) is 2.13. The molecule has 0 atom stereocenters. The van der Waals surface area contributed by atoms with E-state index in [1.165, 1.54) is 31.0 Å². The van der Waals surface area contributed by atoms with E-state index in [1.54, 1.807) is 19.5 Å². The number of nitro groups is 1. The zero-order valence-electron chi connectivity index (χ0n) is 12.3. The molecule has 0 saturated carbocycles. The van der Waals surface area contributed by atoms with Gasteiger partial charge < -0.3 is 14.0 Å². The van der Waals surface area contributed by atoms with Crippen LogP contribution in [0.4, 0.5) is 5.69 Å². The molecule has 0 bridgehead atoms. The number of nitrogens with zero attached hydrogens (tertiary/aromatic N) is 4. The summed E-state index contributed by atoms with van der Waals surface area (Å²) in [6.45, 7) is 1.21. The van der Waals surface area contributed by atoms with Crippen LogP contribution in [0.5, 0.6) is 5.75 Å². The number of thioether (sulfide) groups is 1. The molecule has 22 heavy (non-hydrogen) atoms. The Morgan fingerprint density at radius 2 is 2.23 bits per heavy atom. The van der Waals surface area contributed by atoms with Gasteiger partial charge in [0.05, 0.1) is 18.6 Å². The van der Waals surface area contributed by atoms with Gasteiger partial charge in [-0.05, 0) is 6.07 Å². The maximum absolute atomic E-state index is 10.9. The summed E-state index contributed by atoms with van der Waals surface area (Å²) in [7, 11) is 3.17. The highest BCUT2D eigenvalue weighted by molar-refractivity contribution is 7.98. The molecule has 0 saturated heterocycles. The van der Waals surface area contributed by atoms with E-state index >= 15 is 0 Å². The van der Waals surface area contributed by atoms with Crippen molar-refractivity contribution < 1.29 is 14.4 Å². The van der Waals surface area contributed by atoms with Crippen LogP contribution in [0.15, 0.2) is 29.7 Å². The molecule has 1 aromatic carbocycles. The predicted molar refractivity (Wildman–Crippen MR) is 81.1 cm³/mol. The minimum atomic E-state index is -0.422. The van der Waals surface area contributed by atoms with E-state index in [9.17, 15) is 10.1 Å². The summed E-state index contributed by atoms with van der Waals surface area (Å²) in [5.41, 5.74) is 0.778. The van der Waals surface area contributed by atoms with E-state index < -0.39 is 4.92 Å². The highest BCUT2D eigenvalue weighted by Crippen LogP contribution is 2.29. The zero-order valence-corrected chi connectivity index (χ0v) is 13.1. The van der Waals surface area contributed by atoms with Gasteiger partial charge in [-0.25, -0.2) is 0 Å². The van der Waals surface area contributed by atoms with Crippen molar-refractivity contribution in [2.75, 3.05) is 20.8 Å². The number of rotatable bonds is 8. The first-order valence-electron chi connectivity index (χ1n) is 6.46. The van der Waals surface area contributed by atoms with Gasteiger partial charge in [0.15, 0.2) is 5.16 Å². The highest BCUT2D eigenvalue weighted by Gasteiger charge is 2.13. The number of ether oxygens (including phenoxy) is 2. The maximum atomic E-state index is 10.9. The minimum Gasteiger partial charge on any atom is -0.496 e. The molecule has 0 aliphatic carbocycles. The molecule has 9 heteroatoms. The third-order valence-electron chi connectivity index (χ3n) is 2.95. The third kappa shape index (κ3) is 3.95. The summed E-state index contributed by atoms with van der Waals surface area (Å²) in [5, 5.41) is 19.5. The Bertz CT molecular complexity index is 647. The lowest BCUT2D eigenvalue weighted by molar-refractivity contribution is -0.384. The van der Waals surface area contributed by atoms with Gasteiger partial charge in [-0.15, -0.1) is 10.2 Å². The molecule has 0 amide bonds. The highest BCUT2D eigenvalue weighted by atomic mass is 32.2. The second kappa shape index (κ2) is 7.76. The van der Waals surface area contributed by atoms with Crippen LogP contribution in [0.1, 0.15) is 5.56 Å². The normalized spacial score (nSPS) is 10.6. The molecule has 118 valence electrons. The standard InChI is InChI=1S/C13H16N4O4S/c1-20-6-5-16-9-14-15-13(16)22-8-10-7-11(17(18)19)3-4-12(10)21-2/h3-4,7,9H,5-6,8H2,1-2H3. The first kappa shape index (κ1) is 16.2. The minimum absolute atomic E-state index is 0.0391. The first-order chi connectivity index (χ1) is 10.7. The number of methoxy groups -OCH3 is 2. The van der Waals surface area contributed by atoms with Gasteiger partial charge in [0.2, 0.25) is 0 Å². The quantitative estimate of drug-likeness (QED) is 0.417. The average molecular weight is 324 g/mol. The number of aromatic nitrogens is 3. The second-order valence-corrected chi connectivity index (χ2v) is 5.28. The van der Waals surface area contributed by atoms with Crippen molar-refractivity contribution in [3.05, 3.63) is 40.2 Å². The number of benzene rings is 1. The molecule has 1 aromatic heterocycles. The largest absolute Gasteiger partial charge is 0.496 e. The van der Waals surface area contributed by atoms with Crippen LogP contribution in [-0.2, 0) is 17.0 Å². The van der Waals surface area contributed by atoms with E-state index in [0.29, 0.717) is 24.7 Å². The van der Waals surface area contributed by atoms with Crippen molar-refractivity contribution in [3.63, 3.8) is 0 Å². The average Bonchev–Trinajstić information content (AvgIpc) is 2.97. The summed E-state index contributed by atoms with van der Waals surface area (Å²) in [4.78, 5) is 10.5. The molecular weight excluding hydrogens is 308 g/mol. The molecule has 0 N–H and O–H groups in total. The summed E-state index contributed by atoms with van der Waals surface area (Å²) >= 11 is 1.44. The molecule has 2 aromatic rings. The SMILES string of the molecule is COCCn1cnnc1SCc1cc([N+](=O)[O-])ccc1OC. The Labute approximate surface area is 131 Å². The molecular formula is C13H16N4O4S. The third-order valence-corrected chi connectivity index (χ3v) is 3.98. The molecule has 0 aliphatic heterocycles. The Morgan fingerprint density at radius 3 is 2.91 bits per heavy atom. The van der Waals surface area contributed by atoms with Gasteiger partial charge in [-0.2, -0.15) is 0 Å². The van der Waals surface area contributed by atoms with Crippen molar-refractivity contribution in [1.82, 2.24) is 14.8 Å².